The SMILES string of the molecule is Cc1ccc(-n2nc(C(C)(C)C)cc2N(OS(C)(=O)=O)C(=O)Nc2cnc(OC3CCN(C(=O)c4ccccc4F)CC3)c(Cl)c2)cc1. The highest BCUT2D eigenvalue weighted by atomic mass is 35.5. The third kappa shape index (κ3) is 8.30. The number of piperidine rings is 1. The molecule has 1 saturated heterocycles. The predicted molar refractivity (Wildman–Crippen MR) is 180 cm³/mol. The van der Waals surface area contributed by atoms with E-state index < -0.39 is 27.4 Å². The molecular weight excluding hydrogens is 663 g/mol. The molecule has 15 heteroatoms. The Labute approximate surface area is 283 Å². The van der Waals surface area contributed by atoms with Crippen molar-refractivity contribution in [3.63, 3.8) is 0 Å². The van der Waals surface area contributed by atoms with Gasteiger partial charge in [0, 0.05) is 37.4 Å². The molecule has 1 aliphatic heterocycles. The fourth-order valence-electron chi connectivity index (χ4n) is 4.96. The van der Waals surface area contributed by atoms with E-state index in [0.29, 0.717) is 42.4 Å². The number of carbonyl (C=O) groups excluding carboxylic acids is 2. The number of aromatic nitrogens is 3. The minimum atomic E-state index is -4.18. The molecule has 0 spiro atoms. The molecule has 4 aromatic rings. The maximum Gasteiger partial charge on any atom is 0.353 e. The van der Waals surface area contributed by atoms with Gasteiger partial charge >= 0.3 is 6.03 Å². The molecule has 1 aliphatic rings. The monoisotopic (exact) mass is 698 g/mol. The van der Waals surface area contributed by atoms with Crippen LogP contribution in [0.2, 0.25) is 5.02 Å². The summed E-state index contributed by atoms with van der Waals surface area (Å²) in [7, 11) is -4.18. The van der Waals surface area contributed by atoms with Crippen LogP contribution in [-0.4, -0.2) is 65.5 Å². The van der Waals surface area contributed by atoms with Gasteiger partial charge in [0.2, 0.25) is 5.88 Å². The van der Waals surface area contributed by atoms with Gasteiger partial charge in [0.05, 0.1) is 35.1 Å². The summed E-state index contributed by atoms with van der Waals surface area (Å²) in [6.45, 7) is 8.45. The second-order valence-electron chi connectivity index (χ2n) is 12.5. The van der Waals surface area contributed by atoms with Gasteiger partial charge in [-0.25, -0.2) is 18.9 Å². The van der Waals surface area contributed by atoms with E-state index in [2.05, 4.69) is 15.4 Å². The first kappa shape index (κ1) is 34.8. The number of rotatable bonds is 8. The summed E-state index contributed by atoms with van der Waals surface area (Å²) in [5, 5.41) is 7.96. The smallest absolute Gasteiger partial charge is 0.353 e. The number of hydrogen-bond acceptors (Lipinski definition) is 8. The molecule has 2 aromatic carbocycles. The average Bonchev–Trinajstić information content (AvgIpc) is 3.47. The van der Waals surface area contributed by atoms with E-state index in [1.165, 1.54) is 35.1 Å². The van der Waals surface area contributed by atoms with Crippen molar-refractivity contribution in [2.75, 3.05) is 29.7 Å². The van der Waals surface area contributed by atoms with Gasteiger partial charge in [0.15, 0.2) is 5.82 Å². The van der Waals surface area contributed by atoms with Crippen molar-refractivity contribution < 1.29 is 31.4 Å². The van der Waals surface area contributed by atoms with Crippen LogP contribution in [0.15, 0.2) is 66.9 Å². The van der Waals surface area contributed by atoms with Crippen molar-refractivity contribution in [3.05, 3.63) is 94.5 Å². The first-order chi connectivity index (χ1) is 22.6. The summed E-state index contributed by atoms with van der Waals surface area (Å²) in [5.74, 6) is -0.787. The Balaban J connectivity index is 1.31. The van der Waals surface area contributed by atoms with Crippen LogP contribution in [-0.2, 0) is 19.8 Å². The fourth-order valence-corrected chi connectivity index (χ4v) is 5.59. The van der Waals surface area contributed by atoms with E-state index in [0.717, 1.165) is 11.8 Å². The zero-order valence-corrected chi connectivity index (χ0v) is 28.7. The second-order valence-corrected chi connectivity index (χ2v) is 14.5. The minimum Gasteiger partial charge on any atom is -0.473 e. The number of likely N-dealkylation sites (tertiary alicyclic amines) is 1. The van der Waals surface area contributed by atoms with Crippen molar-refractivity contribution in [1.29, 1.82) is 0 Å². The average molecular weight is 699 g/mol. The largest absolute Gasteiger partial charge is 0.473 e. The molecule has 0 atom stereocenters. The van der Waals surface area contributed by atoms with E-state index >= 15 is 0 Å². The maximum absolute atomic E-state index is 14.1. The third-order valence-electron chi connectivity index (χ3n) is 7.51. The predicted octanol–water partition coefficient (Wildman–Crippen LogP) is 6.28. The molecule has 3 heterocycles. The van der Waals surface area contributed by atoms with Crippen LogP contribution in [0.5, 0.6) is 5.88 Å². The fraction of sp³-hybridized carbons (Fsp3) is 0.333. The van der Waals surface area contributed by atoms with Gasteiger partial charge in [-0.15, -0.1) is 9.35 Å². The number of aryl methyl sites for hydroxylation is 1. The number of pyridine rings is 1. The third-order valence-corrected chi connectivity index (χ3v) is 8.20. The highest BCUT2D eigenvalue weighted by molar-refractivity contribution is 7.86. The number of nitrogens with zero attached hydrogens (tertiary/aromatic N) is 5. The van der Waals surface area contributed by atoms with Crippen LogP contribution in [0.25, 0.3) is 5.69 Å². The Kier molecular flexibility index (Phi) is 10.1. The molecule has 0 saturated carbocycles. The number of anilines is 2. The standard InChI is InChI=1S/C33H36ClFN6O6S/c1-21-10-12-23(13-11-21)40-29(19-28(38-40)33(2,3)4)41(47-48(5,44)45)32(43)37-22-18-26(34)30(36-20-22)46-24-14-16-39(17-15-24)31(42)25-8-6-7-9-27(25)35/h6-13,18-20,24H,14-17H2,1-5H3,(H,37,43). The number of halogens is 2. The summed E-state index contributed by atoms with van der Waals surface area (Å²) in [6, 6.07) is 15.2. The van der Waals surface area contributed by atoms with Gasteiger partial charge in [0.1, 0.15) is 16.9 Å². The number of benzene rings is 2. The number of carbonyl (C=O) groups is 2. The lowest BCUT2D eigenvalue weighted by atomic mass is 9.92. The Morgan fingerprint density at radius 2 is 1.73 bits per heavy atom. The van der Waals surface area contributed by atoms with Gasteiger partial charge < -0.3 is 15.0 Å². The van der Waals surface area contributed by atoms with Crippen molar-refractivity contribution in [3.8, 4) is 11.6 Å². The molecule has 0 aliphatic carbocycles. The van der Waals surface area contributed by atoms with Crippen molar-refractivity contribution in [2.45, 2.75) is 52.1 Å². The van der Waals surface area contributed by atoms with E-state index in [-0.39, 0.29) is 40.0 Å². The zero-order valence-electron chi connectivity index (χ0n) is 27.1. The first-order valence-corrected chi connectivity index (χ1v) is 17.3. The molecular formula is C33H36ClFN6O6S. The first-order valence-electron chi connectivity index (χ1n) is 15.1. The van der Waals surface area contributed by atoms with Crippen LogP contribution >= 0.6 is 11.6 Å². The summed E-state index contributed by atoms with van der Waals surface area (Å²) < 4.78 is 51.4. The number of hydroxylamine groups is 1. The molecule has 3 amide bonds. The van der Waals surface area contributed by atoms with E-state index in [1.54, 1.807) is 29.2 Å². The Hall–Kier alpha value is -4.53. The highest BCUT2D eigenvalue weighted by Crippen LogP contribution is 2.31. The molecule has 1 fully saturated rings. The summed E-state index contributed by atoms with van der Waals surface area (Å²) in [5.41, 5.74) is 1.88. The molecule has 1 N–H and O–H groups in total. The normalized spacial score (nSPS) is 14.1. The van der Waals surface area contributed by atoms with E-state index in [9.17, 15) is 22.4 Å². The number of hydrogen-bond donors (Lipinski definition) is 1. The van der Waals surface area contributed by atoms with Gasteiger partial charge in [-0.2, -0.15) is 13.5 Å². The molecule has 0 unspecified atom stereocenters. The van der Waals surface area contributed by atoms with Crippen molar-refractivity contribution in [1.82, 2.24) is 19.7 Å². The summed E-state index contributed by atoms with van der Waals surface area (Å²) >= 11 is 6.48. The number of nitrogens with one attached hydrogen (secondary N) is 1. The Morgan fingerprint density at radius 1 is 1.06 bits per heavy atom. The minimum absolute atomic E-state index is 0.0222. The topological polar surface area (TPSA) is 136 Å². The molecule has 12 nitrogen and oxygen atoms in total. The lowest BCUT2D eigenvalue weighted by Gasteiger charge is -2.32. The van der Waals surface area contributed by atoms with Gasteiger partial charge in [-0.1, -0.05) is 62.2 Å². The summed E-state index contributed by atoms with van der Waals surface area (Å²) in [4.78, 5) is 32.2. The highest BCUT2D eigenvalue weighted by Gasteiger charge is 2.31. The van der Waals surface area contributed by atoms with Gasteiger partial charge in [-0.05, 0) is 37.3 Å². The van der Waals surface area contributed by atoms with Crippen LogP contribution in [0.1, 0.15) is 55.2 Å². The second kappa shape index (κ2) is 13.9. The van der Waals surface area contributed by atoms with Crippen LogP contribution in [0.3, 0.4) is 0 Å². The molecule has 5 rings (SSSR count). The number of ether oxygens (including phenoxy) is 1. The maximum atomic E-state index is 14.1. The van der Waals surface area contributed by atoms with Gasteiger partial charge in [-0.3, -0.25) is 4.79 Å². The summed E-state index contributed by atoms with van der Waals surface area (Å²) in [6.07, 6.45) is 2.78. The molecule has 2 aromatic heterocycles. The zero-order chi connectivity index (χ0) is 34.8. The Bertz CT molecular complexity index is 1920. The van der Waals surface area contributed by atoms with E-state index in [4.69, 9.17) is 20.6 Å². The molecule has 0 radical (unpaired) electrons. The molecule has 254 valence electrons. The molecule has 48 heavy (non-hydrogen) atoms. The van der Waals surface area contributed by atoms with Crippen LogP contribution < -0.4 is 15.1 Å². The van der Waals surface area contributed by atoms with E-state index in [1.807, 2.05) is 39.8 Å². The Morgan fingerprint density at radius 3 is 2.33 bits per heavy atom. The lowest BCUT2D eigenvalue weighted by molar-refractivity contribution is 0.0584. The lowest BCUT2D eigenvalue weighted by Crippen LogP contribution is -2.42. The van der Waals surface area contributed by atoms with Crippen LogP contribution in [0.4, 0.5) is 20.7 Å². The van der Waals surface area contributed by atoms with Crippen molar-refractivity contribution >= 4 is 45.2 Å². The van der Waals surface area contributed by atoms with Crippen molar-refractivity contribution in [2.24, 2.45) is 0 Å². The number of urea groups is 1. The van der Waals surface area contributed by atoms with Crippen LogP contribution in [0, 0.1) is 12.7 Å². The quantitative estimate of drug-likeness (QED) is 0.213. The molecule has 0 bridgehead atoms. The number of amides is 3. The van der Waals surface area contributed by atoms with Gasteiger partial charge in [0.25, 0.3) is 16.0 Å².